The second kappa shape index (κ2) is 5.13. The minimum Gasteiger partial charge on any atom is -0.351 e. The Morgan fingerprint density at radius 2 is 2.21 bits per heavy atom. The normalized spacial score (nSPS) is 22.6. The number of nitrogens with zero attached hydrogens (tertiary/aromatic N) is 5. The number of hydrogen-bond acceptors (Lipinski definition) is 5. The van der Waals surface area contributed by atoms with Crippen LogP contribution in [0.15, 0.2) is 18.7 Å². The van der Waals surface area contributed by atoms with Gasteiger partial charge in [-0.15, -0.1) is 0 Å². The third-order valence-corrected chi connectivity index (χ3v) is 3.68. The molecule has 2 aromatic heterocycles. The van der Waals surface area contributed by atoms with Crippen molar-refractivity contribution in [3.8, 4) is 5.95 Å². The molecule has 19 heavy (non-hydrogen) atoms. The molecule has 7 heteroatoms. The summed E-state index contributed by atoms with van der Waals surface area (Å²) in [5.74, 6) is 1.64. The van der Waals surface area contributed by atoms with Crippen LogP contribution in [-0.2, 0) is 0 Å². The number of anilines is 1. The summed E-state index contributed by atoms with van der Waals surface area (Å²) >= 11 is 5.95. The number of hydrogen-bond donors (Lipinski definition) is 1. The van der Waals surface area contributed by atoms with E-state index < -0.39 is 0 Å². The van der Waals surface area contributed by atoms with Gasteiger partial charge in [-0.2, -0.15) is 15.0 Å². The van der Waals surface area contributed by atoms with Gasteiger partial charge in [0.25, 0.3) is 0 Å². The zero-order chi connectivity index (χ0) is 13.2. The van der Waals surface area contributed by atoms with Gasteiger partial charge in [0, 0.05) is 18.4 Å². The van der Waals surface area contributed by atoms with E-state index in [2.05, 4.69) is 32.2 Å². The van der Waals surface area contributed by atoms with Gasteiger partial charge in [0.05, 0.1) is 0 Å². The molecular weight excluding hydrogens is 264 g/mol. The first-order valence-electron chi connectivity index (χ1n) is 6.39. The Morgan fingerprint density at radius 1 is 1.32 bits per heavy atom. The molecule has 1 aliphatic rings. The fourth-order valence-electron chi connectivity index (χ4n) is 2.42. The monoisotopic (exact) mass is 278 g/mol. The molecule has 1 fully saturated rings. The molecule has 3 rings (SSSR count). The molecule has 0 amide bonds. The van der Waals surface area contributed by atoms with Gasteiger partial charge in [0.1, 0.15) is 6.33 Å². The van der Waals surface area contributed by atoms with Crippen molar-refractivity contribution in [3.05, 3.63) is 24.0 Å². The summed E-state index contributed by atoms with van der Waals surface area (Å²) < 4.78 is 1.71. The third kappa shape index (κ3) is 2.68. The number of rotatable bonds is 3. The van der Waals surface area contributed by atoms with Crippen LogP contribution in [0.4, 0.5) is 5.95 Å². The lowest BCUT2D eigenvalue weighted by molar-refractivity contribution is 0.552. The Hall–Kier alpha value is -1.69. The zero-order valence-corrected chi connectivity index (χ0v) is 11.4. The molecule has 1 N–H and O–H groups in total. The predicted octanol–water partition coefficient (Wildman–Crippen LogP) is 2.31. The van der Waals surface area contributed by atoms with Gasteiger partial charge in [-0.05, 0) is 30.4 Å². The average Bonchev–Trinajstić information content (AvgIpc) is 3.01. The highest BCUT2D eigenvalue weighted by Gasteiger charge is 2.24. The Kier molecular flexibility index (Phi) is 3.33. The van der Waals surface area contributed by atoms with Crippen molar-refractivity contribution in [1.29, 1.82) is 0 Å². The second-order valence-electron chi connectivity index (χ2n) is 4.86. The van der Waals surface area contributed by atoms with Crippen molar-refractivity contribution in [2.75, 3.05) is 5.32 Å². The van der Waals surface area contributed by atoms with E-state index >= 15 is 0 Å². The van der Waals surface area contributed by atoms with Crippen molar-refractivity contribution in [2.24, 2.45) is 5.92 Å². The minimum atomic E-state index is 0.187. The summed E-state index contributed by atoms with van der Waals surface area (Å²) in [4.78, 5) is 16.6. The van der Waals surface area contributed by atoms with Crippen molar-refractivity contribution in [2.45, 2.75) is 32.2 Å². The Bertz CT molecular complexity index is 555. The molecule has 2 atom stereocenters. The van der Waals surface area contributed by atoms with Crippen LogP contribution in [0.3, 0.4) is 0 Å². The molecule has 0 aliphatic heterocycles. The molecular formula is C12H15ClN6. The first-order valence-corrected chi connectivity index (χ1v) is 6.76. The van der Waals surface area contributed by atoms with E-state index in [4.69, 9.17) is 11.6 Å². The molecule has 2 unspecified atom stereocenters. The Morgan fingerprint density at radius 3 is 2.89 bits per heavy atom. The molecule has 0 bridgehead atoms. The van der Waals surface area contributed by atoms with Gasteiger partial charge in [-0.3, -0.25) is 4.57 Å². The lowest BCUT2D eigenvalue weighted by Gasteiger charge is -2.17. The van der Waals surface area contributed by atoms with Gasteiger partial charge in [0.2, 0.25) is 17.2 Å². The summed E-state index contributed by atoms with van der Waals surface area (Å²) in [7, 11) is 0. The van der Waals surface area contributed by atoms with Crippen LogP contribution < -0.4 is 5.32 Å². The van der Waals surface area contributed by atoms with Crippen molar-refractivity contribution in [1.82, 2.24) is 24.5 Å². The highest BCUT2D eigenvalue weighted by molar-refractivity contribution is 6.28. The van der Waals surface area contributed by atoms with Crippen molar-refractivity contribution < 1.29 is 0 Å². The Balaban J connectivity index is 1.85. The van der Waals surface area contributed by atoms with E-state index in [-0.39, 0.29) is 5.28 Å². The number of halogens is 1. The smallest absolute Gasteiger partial charge is 0.241 e. The lowest BCUT2D eigenvalue weighted by Crippen LogP contribution is -2.23. The van der Waals surface area contributed by atoms with Gasteiger partial charge in [0.15, 0.2) is 0 Å². The van der Waals surface area contributed by atoms with Gasteiger partial charge in [-0.25, -0.2) is 4.98 Å². The summed E-state index contributed by atoms with van der Waals surface area (Å²) in [6.45, 7) is 2.24. The molecule has 100 valence electrons. The van der Waals surface area contributed by atoms with Crippen LogP contribution in [0.5, 0.6) is 0 Å². The topological polar surface area (TPSA) is 68.5 Å². The Labute approximate surface area is 116 Å². The quantitative estimate of drug-likeness (QED) is 0.933. The molecule has 1 saturated carbocycles. The van der Waals surface area contributed by atoms with Crippen LogP contribution >= 0.6 is 11.6 Å². The van der Waals surface area contributed by atoms with Crippen molar-refractivity contribution >= 4 is 17.5 Å². The van der Waals surface area contributed by atoms with E-state index in [9.17, 15) is 0 Å². The number of nitrogens with one attached hydrogen (secondary N) is 1. The molecule has 0 spiro atoms. The van der Waals surface area contributed by atoms with E-state index in [0.717, 1.165) is 6.42 Å². The van der Waals surface area contributed by atoms with Crippen LogP contribution in [0.2, 0.25) is 5.28 Å². The van der Waals surface area contributed by atoms with Gasteiger partial charge < -0.3 is 5.32 Å². The van der Waals surface area contributed by atoms with E-state index in [0.29, 0.717) is 23.9 Å². The maximum absolute atomic E-state index is 5.95. The summed E-state index contributed by atoms with van der Waals surface area (Å²) in [6, 6.07) is 0.411. The molecule has 0 saturated heterocycles. The summed E-state index contributed by atoms with van der Waals surface area (Å²) in [5, 5.41) is 3.54. The second-order valence-corrected chi connectivity index (χ2v) is 5.20. The molecule has 1 aliphatic carbocycles. The fraction of sp³-hybridized carbons (Fsp3) is 0.500. The van der Waals surface area contributed by atoms with Gasteiger partial charge in [-0.1, -0.05) is 13.3 Å². The average molecular weight is 279 g/mol. The first-order chi connectivity index (χ1) is 9.22. The highest BCUT2D eigenvalue weighted by atomic mass is 35.5. The molecule has 0 radical (unpaired) electrons. The summed E-state index contributed by atoms with van der Waals surface area (Å²) in [6.07, 6.45) is 8.70. The molecule has 6 nitrogen and oxygen atoms in total. The SMILES string of the molecule is CC1CCCC1Nc1nc(Cl)nc(-n2ccnc2)n1. The van der Waals surface area contributed by atoms with E-state index in [1.807, 2.05) is 0 Å². The maximum Gasteiger partial charge on any atom is 0.241 e. The highest BCUT2D eigenvalue weighted by Crippen LogP contribution is 2.27. The van der Waals surface area contributed by atoms with E-state index in [1.165, 1.54) is 12.8 Å². The molecule has 2 aromatic rings. The van der Waals surface area contributed by atoms with Crippen molar-refractivity contribution in [3.63, 3.8) is 0 Å². The largest absolute Gasteiger partial charge is 0.351 e. The summed E-state index contributed by atoms with van der Waals surface area (Å²) in [5.41, 5.74) is 0. The standard InChI is InChI=1S/C12H15ClN6/c1-8-3-2-4-9(8)15-11-16-10(13)17-12(18-11)19-6-5-14-7-19/h5-9H,2-4H2,1H3,(H,15,16,17,18). The van der Waals surface area contributed by atoms with Crippen LogP contribution in [0.1, 0.15) is 26.2 Å². The third-order valence-electron chi connectivity index (χ3n) is 3.51. The predicted molar refractivity (Wildman–Crippen MR) is 72.4 cm³/mol. The van der Waals surface area contributed by atoms with Gasteiger partial charge >= 0.3 is 0 Å². The number of imidazole rings is 1. The van der Waals surface area contributed by atoms with Crippen LogP contribution in [0.25, 0.3) is 5.95 Å². The zero-order valence-electron chi connectivity index (χ0n) is 10.6. The maximum atomic E-state index is 5.95. The molecule has 2 heterocycles. The minimum absolute atomic E-state index is 0.187. The number of aromatic nitrogens is 5. The lowest BCUT2D eigenvalue weighted by atomic mass is 10.1. The van der Waals surface area contributed by atoms with Crippen LogP contribution in [-0.4, -0.2) is 30.5 Å². The molecule has 0 aromatic carbocycles. The fourth-order valence-corrected chi connectivity index (χ4v) is 2.58. The van der Waals surface area contributed by atoms with Crippen LogP contribution in [0, 0.1) is 5.92 Å². The van der Waals surface area contributed by atoms with E-state index in [1.54, 1.807) is 23.3 Å². The first kappa shape index (κ1) is 12.3.